The number of esters is 1. The summed E-state index contributed by atoms with van der Waals surface area (Å²) < 4.78 is 33.8. The molecule has 158 valence electrons. The standard InChI is InChI=1S/C20H19NO7S2/c1-2-15-8-10-17(11-9-15)30(25,26)28-21-19(20(23)24)29-13-12-27-18(22)14-16-6-4-3-5-7-16/h2-11H,1,12-14H2,(H,23,24)/b21-19-. The van der Waals surface area contributed by atoms with Crippen molar-refractivity contribution in [3.8, 4) is 0 Å². The largest absolute Gasteiger partial charge is 0.476 e. The smallest absolute Gasteiger partial charge is 0.364 e. The predicted molar refractivity (Wildman–Crippen MR) is 113 cm³/mol. The number of oxime groups is 1. The van der Waals surface area contributed by atoms with E-state index in [1.807, 2.05) is 6.07 Å². The monoisotopic (exact) mass is 449 g/mol. The molecule has 0 bridgehead atoms. The number of rotatable bonds is 9. The van der Waals surface area contributed by atoms with Crippen molar-refractivity contribution in [2.45, 2.75) is 11.3 Å². The number of hydrogen-bond donors (Lipinski definition) is 1. The van der Waals surface area contributed by atoms with Gasteiger partial charge in [0.1, 0.15) is 11.5 Å². The van der Waals surface area contributed by atoms with E-state index >= 15 is 0 Å². The highest BCUT2D eigenvalue weighted by molar-refractivity contribution is 8.15. The molecule has 10 heteroatoms. The second-order valence-corrected chi connectivity index (χ2v) is 8.35. The maximum Gasteiger partial charge on any atom is 0.364 e. The van der Waals surface area contributed by atoms with Crippen molar-refractivity contribution in [3.05, 3.63) is 72.3 Å². The van der Waals surface area contributed by atoms with Gasteiger partial charge in [-0.25, -0.2) is 4.79 Å². The summed E-state index contributed by atoms with van der Waals surface area (Å²) in [4.78, 5) is 22.8. The number of carboxylic acids is 1. The average Bonchev–Trinajstić information content (AvgIpc) is 2.73. The molecule has 0 unspecified atom stereocenters. The van der Waals surface area contributed by atoms with Crippen molar-refractivity contribution in [2.75, 3.05) is 12.4 Å². The van der Waals surface area contributed by atoms with Gasteiger partial charge in [-0.2, -0.15) is 8.42 Å². The van der Waals surface area contributed by atoms with Crippen LogP contribution in [0.15, 0.2) is 71.2 Å². The topological polar surface area (TPSA) is 119 Å². The fraction of sp³-hybridized carbons (Fsp3) is 0.150. The normalized spacial score (nSPS) is 11.5. The summed E-state index contributed by atoms with van der Waals surface area (Å²) in [6.45, 7) is 3.50. The molecule has 0 aromatic heterocycles. The Balaban J connectivity index is 1.87. The minimum atomic E-state index is -4.28. The van der Waals surface area contributed by atoms with Crippen LogP contribution in [0.4, 0.5) is 0 Å². The van der Waals surface area contributed by atoms with Crippen LogP contribution in [-0.2, 0) is 35.1 Å². The molecule has 1 N–H and O–H groups in total. The Morgan fingerprint density at radius 3 is 2.37 bits per heavy atom. The molecule has 0 aliphatic carbocycles. The van der Waals surface area contributed by atoms with Gasteiger partial charge in [0.25, 0.3) is 0 Å². The first-order chi connectivity index (χ1) is 14.3. The summed E-state index contributed by atoms with van der Waals surface area (Å²) in [6, 6.07) is 14.6. The Morgan fingerprint density at radius 1 is 1.10 bits per heavy atom. The lowest BCUT2D eigenvalue weighted by molar-refractivity contribution is -0.142. The molecule has 0 amide bonds. The van der Waals surface area contributed by atoms with Crippen LogP contribution in [-0.4, -0.2) is 42.9 Å². The molecule has 0 saturated heterocycles. The molecular weight excluding hydrogens is 430 g/mol. The van der Waals surface area contributed by atoms with Crippen molar-refractivity contribution in [2.24, 2.45) is 5.16 Å². The van der Waals surface area contributed by atoms with Crippen LogP contribution in [0.2, 0.25) is 0 Å². The van der Waals surface area contributed by atoms with E-state index in [0.717, 1.165) is 5.56 Å². The summed E-state index contributed by atoms with van der Waals surface area (Å²) >= 11 is 0.690. The summed E-state index contributed by atoms with van der Waals surface area (Å²) in [7, 11) is -4.28. The van der Waals surface area contributed by atoms with E-state index in [-0.39, 0.29) is 23.7 Å². The zero-order valence-electron chi connectivity index (χ0n) is 15.8. The highest BCUT2D eigenvalue weighted by Gasteiger charge is 2.19. The Morgan fingerprint density at radius 2 is 1.77 bits per heavy atom. The molecule has 2 rings (SSSR count). The third-order valence-electron chi connectivity index (χ3n) is 3.58. The number of aliphatic carboxylic acids is 1. The maximum atomic E-state index is 12.1. The summed E-state index contributed by atoms with van der Waals surface area (Å²) in [5.74, 6) is -1.87. The first kappa shape index (κ1) is 23.2. The van der Waals surface area contributed by atoms with Crippen molar-refractivity contribution in [1.82, 2.24) is 0 Å². The van der Waals surface area contributed by atoms with Crippen molar-refractivity contribution >= 4 is 44.9 Å². The zero-order chi connectivity index (χ0) is 22.0. The molecule has 0 radical (unpaired) electrons. The molecule has 0 aliphatic heterocycles. The van der Waals surface area contributed by atoms with E-state index in [4.69, 9.17) is 9.84 Å². The molecule has 0 saturated carbocycles. The SMILES string of the molecule is C=Cc1ccc(S(=O)(=O)O/N=C(\SCCOC(=O)Cc2ccccc2)C(=O)O)cc1. The van der Waals surface area contributed by atoms with Gasteiger partial charge in [0, 0.05) is 5.75 Å². The number of ether oxygens (including phenoxy) is 1. The number of nitrogens with zero attached hydrogens (tertiary/aromatic N) is 1. The lowest BCUT2D eigenvalue weighted by atomic mass is 10.2. The summed E-state index contributed by atoms with van der Waals surface area (Å²) in [5.41, 5.74) is 1.50. The molecule has 0 aliphatic rings. The fourth-order valence-corrected chi connectivity index (χ4v) is 3.48. The molecule has 2 aromatic carbocycles. The lowest BCUT2D eigenvalue weighted by Gasteiger charge is -2.06. The number of carboxylic acid groups (broad SMARTS) is 1. The molecule has 0 heterocycles. The number of carbonyl (C=O) groups is 2. The van der Waals surface area contributed by atoms with Gasteiger partial charge in [-0.05, 0) is 23.3 Å². The number of carbonyl (C=O) groups excluding carboxylic acids is 1. The predicted octanol–water partition coefficient (Wildman–Crippen LogP) is 2.95. The van der Waals surface area contributed by atoms with Gasteiger partial charge in [-0.1, -0.05) is 72.0 Å². The molecule has 0 spiro atoms. The van der Waals surface area contributed by atoms with Crippen LogP contribution >= 0.6 is 11.8 Å². The lowest BCUT2D eigenvalue weighted by Crippen LogP contribution is -2.15. The molecule has 0 atom stereocenters. The second kappa shape index (κ2) is 11.2. The zero-order valence-corrected chi connectivity index (χ0v) is 17.4. The Hall–Kier alpha value is -3.11. The van der Waals surface area contributed by atoms with Gasteiger partial charge < -0.3 is 9.84 Å². The number of hydrogen-bond acceptors (Lipinski definition) is 8. The summed E-state index contributed by atoms with van der Waals surface area (Å²) in [5, 5.41) is 11.8. The van der Waals surface area contributed by atoms with Gasteiger partial charge in [0.2, 0.25) is 5.04 Å². The molecule has 0 fully saturated rings. The molecule has 8 nitrogen and oxygen atoms in total. The van der Waals surface area contributed by atoms with Crippen LogP contribution in [0, 0.1) is 0 Å². The Bertz CT molecular complexity index is 1020. The van der Waals surface area contributed by atoms with E-state index in [9.17, 15) is 18.0 Å². The Kier molecular flexibility index (Phi) is 8.63. The third-order valence-corrected chi connectivity index (χ3v) is 5.60. The summed E-state index contributed by atoms with van der Waals surface area (Å²) in [6.07, 6.45) is 1.64. The highest BCUT2D eigenvalue weighted by Crippen LogP contribution is 2.16. The van der Waals surface area contributed by atoms with Crippen molar-refractivity contribution in [3.63, 3.8) is 0 Å². The van der Waals surface area contributed by atoms with Gasteiger partial charge >= 0.3 is 22.1 Å². The maximum absolute atomic E-state index is 12.1. The second-order valence-electron chi connectivity index (χ2n) is 5.73. The van der Waals surface area contributed by atoms with Gasteiger partial charge in [0.05, 0.1) is 6.42 Å². The van der Waals surface area contributed by atoms with Crippen LogP contribution < -0.4 is 0 Å². The molecule has 30 heavy (non-hydrogen) atoms. The highest BCUT2D eigenvalue weighted by atomic mass is 32.2. The molecular formula is C20H19NO7S2. The van der Waals surface area contributed by atoms with E-state index in [2.05, 4.69) is 16.0 Å². The van der Waals surface area contributed by atoms with Crippen LogP contribution in [0.5, 0.6) is 0 Å². The number of thioether (sulfide) groups is 1. The first-order valence-corrected chi connectivity index (χ1v) is 11.0. The first-order valence-electron chi connectivity index (χ1n) is 8.61. The minimum absolute atomic E-state index is 0.0586. The van der Waals surface area contributed by atoms with Gasteiger partial charge in [-0.15, -0.1) is 0 Å². The van der Waals surface area contributed by atoms with Crippen LogP contribution in [0.25, 0.3) is 6.08 Å². The fourth-order valence-electron chi connectivity index (χ4n) is 2.13. The van der Waals surface area contributed by atoms with E-state index in [1.54, 1.807) is 30.3 Å². The van der Waals surface area contributed by atoms with Crippen LogP contribution in [0.1, 0.15) is 11.1 Å². The van der Waals surface area contributed by atoms with E-state index in [1.165, 1.54) is 24.3 Å². The third kappa shape index (κ3) is 7.37. The average molecular weight is 450 g/mol. The quantitative estimate of drug-likeness (QED) is 0.204. The van der Waals surface area contributed by atoms with Gasteiger partial charge in [-0.3, -0.25) is 9.08 Å². The molecule has 2 aromatic rings. The Labute approximate surface area is 178 Å². The van der Waals surface area contributed by atoms with E-state index < -0.39 is 27.1 Å². The van der Waals surface area contributed by atoms with Crippen molar-refractivity contribution in [1.29, 1.82) is 0 Å². The van der Waals surface area contributed by atoms with Gasteiger partial charge in [0.15, 0.2) is 0 Å². The number of benzene rings is 2. The van der Waals surface area contributed by atoms with E-state index in [0.29, 0.717) is 17.3 Å². The minimum Gasteiger partial charge on any atom is -0.476 e. The van der Waals surface area contributed by atoms with Crippen molar-refractivity contribution < 1.29 is 32.1 Å². The van der Waals surface area contributed by atoms with Crippen LogP contribution in [0.3, 0.4) is 0 Å².